The van der Waals surface area contributed by atoms with Crippen molar-refractivity contribution in [3.05, 3.63) is 58.8 Å². The zero-order valence-corrected chi connectivity index (χ0v) is 13.3. The standard InChI is InChI=1S/C16H12F3N3OS/c1-9-7-12(16(17,18)19)11(8-20)15(22-9)24-13(14(21)23)10-5-3-2-4-6-10/h2-7,13H,1H3,(H2,21,23). The average Bonchev–Trinajstić information content (AvgIpc) is 2.51. The molecule has 1 aromatic carbocycles. The van der Waals surface area contributed by atoms with Crippen molar-refractivity contribution in [2.45, 2.75) is 23.4 Å². The Morgan fingerprint density at radius 1 is 1.33 bits per heavy atom. The third kappa shape index (κ3) is 3.86. The quantitative estimate of drug-likeness (QED) is 0.854. The first kappa shape index (κ1) is 17.8. The number of nitrogens with two attached hydrogens (primary N) is 1. The molecule has 8 heteroatoms. The fraction of sp³-hybridized carbons (Fsp3) is 0.188. The molecule has 0 radical (unpaired) electrons. The van der Waals surface area contributed by atoms with E-state index in [1.165, 1.54) is 13.0 Å². The minimum atomic E-state index is -4.69. The second-order valence-corrected chi connectivity index (χ2v) is 6.01. The van der Waals surface area contributed by atoms with Crippen LogP contribution in [0.3, 0.4) is 0 Å². The highest BCUT2D eigenvalue weighted by molar-refractivity contribution is 8.00. The molecule has 0 aliphatic rings. The molecule has 0 bridgehead atoms. The molecule has 0 aliphatic heterocycles. The number of alkyl halides is 3. The van der Waals surface area contributed by atoms with Crippen LogP contribution in [0.25, 0.3) is 0 Å². The molecule has 1 heterocycles. The highest BCUT2D eigenvalue weighted by Crippen LogP contribution is 2.40. The summed E-state index contributed by atoms with van der Waals surface area (Å²) in [4.78, 5) is 15.7. The maximum absolute atomic E-state index is 13.1. The van der Waals surface area contributed by atoms with Gasteiger partial charge in [-0.2, -0.15) is 18.4 Å². The Hall–Kier alpha value is -2.53. The largest absolute Gasteiger partial charge is 0.417 e. The number of primary amides is 1. The molecule has 124 valence electrons. The molecule has 2 aromatic rings. The summed E-state index contributed by atoms with van der Waals surface area (Å²) in [6.07, 6.45) is -4.69. The molecule has 0 fully saturated rings. The monoisotopic (exact) mass is 351 g/mol. The highest BCUT2D eigenvalue weighted by Gasteiger charge is 2.36. The third-order valence-corrected chi connectivity index (χ3v) is 4.38. The van der Waals surface area contributed by atoms with Crippen LogP contribution in [0, 0.1) is 18.3 Å². The van der Waals surface area contributed by atoms with E-state index >= 15 is 0 Å². The van der Waals surface area contributed by atoms with Crippen LogP contribution in [-0.2, 0) is 11.0 Å². The van der Waals surface area contributed by atoms with Crippen molar-refractivity contribution in [3.63, 3.8) is 0 Å². The van der Waals surface area contributed by atoms with Crippen LogP contribution < -0.4 is 5.73 Å². The molecule has 0 saturated carbocycles. The number of aromatic nitrogens is 1. The summed E-state index contributed by atoms with van der Waals surface area (Å²) < 4.78 is 39.4. The van der Waals surface area contributed by atoms with Gasteiger partial charge in [-0.25, -0.2) is 4.98 Å². The number of hydrogen-bond acceptors (Lipinski definition) is 4. The van der Waals surface area contributed by atoms with Gasteiger partial charge in [-0.3, -0.25) is 4.79 Å². The molecule has 4 nitrogen and oxygen atoms in total. The van der Waals surface area contributed by atoms with Gasteiger partial charge in [-0.1, -0.05) is 42.1 Å². The summed E-state index contributed by atoms with van der Waals surface area (Å²) in [5.74, 6) is -0.730. The normalized spacial score (nSPS) is 12.5. The average molecular weight is 351 g/mol. The maximum Gasteiger partial charge on any atom is 0.417 e. The number of halogens is 3. The van der Waals surface area contributed by atoms with Crippen LogP contribution in [0.4, 0.5) is 13.2 Å². The van der Waals surface area contributed by atoms with Crippen LogP contribution in [-0.4, -0.2) is 10.9 Å². The lowest BCUT2D eigenvalue weighted by molar-refractivity contribution is -0.138. The molecule has 1 aromatic heterocycles. The number of benzene rings is 1. The van der Waals surface area contributed by atoms with Crippen LogP contribution in [0.15, 0.2) is 41.4 Å². The lowest BCUT2D eigenvalue weighted by Gasteiger charge is -2.16. The zero-order valence-electron chi connectivity index (χ0n) is 12.5. The predicted molar refractivity (Wildman–Crippen MR) is 82.9 cm³/mol. The fourth-order valence-electron chi connectivity index (χ4n) is 2.09. The molecular weight excluding hydrogens is 339 g/mol. The first-order valence-electron chi connectivity index (χ1n) is 6.74. The fourth-order valence-corrected chi connectivity index (χ4v) is 3.19. The summed E-state index contributed by atoms with van der Waals surface area (Å²) >= 11 is 0.737. The van der Waals surface area contributed by atoms with Crippen LogP contribution in [0.5, 0.6) is 0 Å². The van der Waals surface area contributed by atoms with Gasteiger partial charge in [0.15, 0.2) is 0 Å². The summed E-state index contributed by atoms with van der Waals surface area (Å²) in [7, 11) is 0. The number of nitrogens with zero attached hydrogens (tertiary/aromatic N) is 2. The predicted octanol–water partition coefficient (Wildman–Crippen LogP) is 3.60. The van der Waals surface area contributed by atoms with E-state index in [1.807, 2.05) is 0 Å². The molecule has 0 aliphatic carbocycles. The Kier molecular flexibility index (Phi) is 5.14. The van der Waals surface area contributed by atoms with E-state index in [1.54, 1.807) is 30.3 Å². The topological polar surface area (TPSA) is 79.8 Å². The number of thioether (sulfide) groups is 1. The summed E-state index contributed by atoms with van der Waals surface area (Å²) in [5, 5.41) is 8.04. The number of amides is 1. The first-order valence-corrected chi connectivity index (χ1v) is 7.62. The maximum atomic E-state index is 13.1. The molecule has 2 rings (SSSR count). The Balaban J connectivity index is 2.54. The first-order chi connectivity index (χ1) is 11.2. The second kappa shape index (κ2) is 6.93. The van der Waals surface area contributed by atoms with Gasteiger partial charge in [0.2, 0.25) is 5.91 Å². The van der Waals surface area contributed by atoms with Crippen molar-refractivity contribution in [3.8, 4) is 6.07 Å². The molecule has 24 heavy (non-hydrogen) atoms. The highest BCUT2D eigenvalue weighted by atomic mass is 32.2. The van der Waals surface area contributed by atoms with E-state index in [0.717, 1.165) is 17.8 Å². The SMILES string of the molecule is Cc1cc(C(F)(F)F)c(C#N)c(SC(C(N)=O)c2ccccc2)n1. The second-order valence-electron chi connectivity index (χ2n) is 4.91. The van der Waals surface area contributed by atoms with Gasteiger partial charge in [-0.05, 0) is 18.6 Å². The van der Waals surface area contributed by atoms with E-state index in [9.17, 15) is 18.0 Å². The van der Waals surface area contributed by atoms with Crippen LogP contribution in [0.1, 0.15) is 27.6 Å². The Morgan fingerprint density at radius 2 is 1.96 bits per heavy atom. The van der Waals surface area contributed by atoms with E-state index in [0.29, 0.717) is 5.56 Å². The number of rotatable bonds is 4. The summed E-state index contributed by atoms with van der Waals surface area (Å²) in [6.45, 7) is 1.39. The van der Waals surface area contributed by atoms with E-state index in [2.05, 4.69) is 4.98 Å². The Bertz CT molecular complexity index is 801. The van der Waals surface area contributed by atoms with Crippen molar-refractivity contribution >= 4 is 17.7 Å². The van der Waals surface area contributed by atoms with Gasteiger partial charge in [0.05, 0.1) is 11.1 Å². The molecule has 0 saturated heterocycles. The lowest BCUT2D eigenvalue weighted by atomic mass is 10.1. The van der Waals surface area contributed by atoms with Gasteiger partial charge in [0.25, 0.3) is 0 Å². The van der Waals surface area contributed by atoms with Crippen molar-refractivity contribution < 1.29 is 18.0 Å². The molecule has 2 N–H and O–H groups in total. The van der Waals surface area contributed by atoms with Crippen molar-refractivity contribution in [1.29, 1.82) is 5.26 Å². The number of hydrogen-bond donors (Lipinski definition) is 1. The number of nitriles is 1. The molecule has 1 amide bonds. The van der Waals surface area contributed by atoms with Gasteiger partial charge in [0.1, 0.15) is 16.3 Å². The number of pyridine rings is 1. The van der Waals surface area contributed by atoms with Crippen LogP contribution >= 0.6 is 11.8 Å². The Morgan fingerprint density at radius 3 is 2.46 bits per heavy atom. The van der Waals surface area contributed by atoms with E-state index in [4.69, 9.17) is 11.0 Å². The smallest absolute Gasteiger partial charge is 0.368 e. The lowest BCUT2D eigenvalue weighted by Crippen LogP contribution is -2.19. The minimum absolute atomic E-state index is 0.0973. The van der Waals surface area contributed by atoms with Gasteiger partial charge < -0.3 is 5.73 Å². The zero-order chi connectivity index (χ0) is 17.9. The van der Waals surface area contributed by atoms with E-state index < -0.39 is 28.5 Å². The van der Waals surface area contributed by atoms with Crippen molar-refractivity contribution in [2.24, 2.45) is 5.73 Å². The summed E-state index contributed by atoms with van der Waals surface area (Å²) in [6, 6.07) is 10.7. The number of carbonyl (C=O) groups is 1. The third-order valence-electron chi connectivity index (χ3n) is 3.12. The van der Waals surface area contributed by atoms with E-state index in [-0.39, 0.29) is 10.7 Å². The Labute approximate surface area is 140 Å². The van der Waals surface area contributed by atoms with Crippen molar-refractivity contribution in [1.82, 2.24) is 4.98 Å². The molecule has 1 atom stereocenters. The molecule has 0 spiro atoms. The molecule has 1 unspecified atom stereocenters. The number of carbonyl (C=O) groups excluding carboxylic acids is 1. The van der Waals surface area contributed by atoms with Gasteiger partial charge in [-0.15, -0.1) is 0 Å². The van der Waals surface area contributed by atoms with Crippen LogP contribution in [0.2, 0.25) is 0 Å². The number of aryl methyl sites for hydroxylation is 1. The van der Waals surface area contributed by atoms with Crippen molar-refractivity contribution in [2.75, 3.05) is 0 Å². The molecular formula is C16H12F3N3OS. The summed E-state index contributed by atoms with van der Waals surface area (Å²) in [5.41, 5.74) is 4.31. The minimum Gasteiger partial charge on any atom is -0.368 e. The van der Waals surface area contributed by atoms with Gasteiger partial charge >= 0.3 is 6.18 Å². The van der Waals surface area contributed by atoms with Gasteiger partial charge in [0, 0.05) is 5.69 Å².